The molecular formula is C21H19N3OS. The number of nitrogens with one attached hydrogen (secondary N) is 2. The van der Waals surface area contributed by atoms with Gasteiger partial charge in [0, 0.05) is 0 Å². The normalized spacial score (nSPS) is 11.7. The molecule has 3 rings (SSSR count). The average Bonchev–Trinajstić information content (AvgIpc) is 3.14. The van der Waals surface area contributed by atoms with Gasteiger partial charge in [-0.15, -0.1) is 11.3 Å². The van der Waals surface area contributed by atoms with Crippen LogP contribution < -0.4 is 10.6 Å². The highest BCUT2D eigenvalue weighted by Gasteiger charge is 2.21. The van der Waals surface area contributed by atoms with Crippen LogP contribution in [0.25, 0.3) is 0 Å². The maximum atomic E-state index is 12.6. The lowest BCUT2D eigenvalue weighted by Gasteiger charge is -2.24. The Labute approximate surface area is 157 Å². The molecule has 0 aliphatic carbocycles. The van der Waals surface area contributed by atoms with Gasteiger partial charge >= 0.3 is 0 Å². The first-order valence-electron chi connectivity index (χ1n) is 8.33. The molecule has 1 aromatic heterocycles. The largest absolute Gasteiger partial charge is 0.315 e. The molecule has 1 amide bonds. The molecule has 4 nitrogen and oxygen atoms in total. The molecule has 130 valence electrons. The predicted molar refractivity (Wildman–Crippen MR) is 105 cm³/mol. The zero-order valence-corrected chi connectivity index (χ0v) is 15.2. The van der Waals surface area contributed by atoms with Crippen LogP contribution in [0.4, 0.5) is 5.00 Å². The molecule has 1 atom stereocenters. The third kappa shape index (κ3) is 4.17. The van der Waals surface area contributed by atoms with Crippen molar-refractivity contribution in [3.8, 4) is 6.07 Å². The zero-order chi connectivity index (χ0) is 18.4. The highest BCUT2D eigenvalue weighted by atomic mass is 32.1. The maximum absolute atomic E-state index is 12.6. The molecule has 2 aromatic carbocycles. The van der Waals surface area contributed by atoms with Gasteiger partial charge in [-0.1, -0.05) is 60.7 Å². The van der Waals surface area contributed by atoms with E-state index in [0.29, 0.717) is 10.6 Å². The summed E-state index contributed by atoms with van der Waals surface area (Å²) in [4.78, 5) is 12.6. The summed E-state index contributed by atoms with van der Waals surface area (Å²) < 4.78 is 0. The molecule has 2 N–H and O–H groups in total. The first-order chi connectivity index (χ1) is 12.7. The van der Waals surface area contributed by atoms with E-state index in [2.05, 4.69) is 16.7 Å². The Kier molecular flexibility index (Phi) is 5.80. The SMILES string of the molecule is C[C@@H](NC(c1ccccc1)c1ccccc1)C(=O)Nc1sccc1C#N. The highest BCUT2D eigenvalue weighted by molar-refractivity contribution is 7.14. The predicted octanol–water partition coefficient (Wildman–Crippen LogP) is 4.33. The number of nitrogens with zero attached hydrogens (tertiary/aromatic N) is 1. The van der Waals surface area contributed by atoms with Gasteiger partial charge < -0.3 is 5.32 Å². The molecular weight excluding hydrogens is 342 g/mol. The van der Waals surface area contributed by atoms with Crippen molar-refractivity contribution in [3.63, 3.8) is 0 Å². The van der Waals surface area contributed by atoms with Gasteiger partial charge in [-0.05, 0) is 29.5 Å². The fraction of sp³-hybridized carbons (Fsp3) is 0.143. The van der Waals surface area contributed by atoms with E-state index in [4.69, 9.17) is 5.26 Å². The van der Waals surface area contributed by atoms with Crippen molar-refractivity contribution < 1.29 is 4.79 Å². The molecule has 26 heavy (non-hydrogen) atoms. The lowest BCUT2D eigenvalue weighted by atomic mass is 9.98. The monoisotopic (exact) mass is 361 g/mol. The number of nitriles is 1. The van der Waals surface area contributed by atoms with Crippen LogP contribution in [0.3, 0.4) is 0 Å². The van der Waals surface area contributed by atoms with Gasteiger partial charge in [-0.2, -0.15) is 5.26 Å². The van der Waals surface area contributed by atoms with Gasteiger partial charge in [0.05, 0.1) is 17.6 Å². The van der Waals surface area contributed by atoms with Crippen LogP contribution in [-0.2, 0) is 4.79 Å². The second-order valence-electron chi connectivity index (χ2n) is 5.91. The van der Waals surface area contributed by atoms with Gasteiger partial charge in [-0.3, -0.25) is 10.1 Å². The fourth-order valence-corrected chi connectivity index (χ4v) is 3.46. The van der Waals surface area contributed by atoms with Gasteiger partial charge in [0.15, 0.2) is 0 Å². The highest BCUT2D eigenvalue weighted by Crippen LogP contribution is 2.24. The summed E-state index contributed by atoms with van der Waals surface area (Å²) in [5, 5.41) is 17.7. The van der Waals surface area contributed by atoms with E-state index in [1.165, 1.54) is 11.3 Å². The van der Waals surface area contributed by atoms with E-state index in [1.54, 1.807) is 11.4 Å². The van der Waals surface area contributed by atoms with Crippen LogP contribution >= 0.6 is 11.3 Å². The molecule has 1 heterocycles. The molecule has 0 aliphatic heterocycles. The Hall–Kier alpha value is -2.94. The molecule has 0 radical (unpaired) electrons. The average molecular weight is 361 g/mol. The number of carbonyl (C=O) groups excluding carboxylic acids is 1. The number of thiophene rings is 1. The molecule has 3 aromatic rings. The van der Waals surface area contributed by atoms with Crippen molar-refractivity contribution >= 4 is 22.2 Å². The topological polar surface area (TPSA) is 64.9 Å². The molecule has 0 spiro atoms. The molecule has 0 saturated heterocycles. The van der Waals surface area contributed by atoms with Gasteiger partial charge in [0.2, 0.25) is 5.91 Å². The van der Waals surface area contributed by atoms with Crippen molar-refractivity contribution in [2.24, 2.45) is 0 Å². The summed E-state index contributed by atoms with van der Waals surface area (Å²) in [7, 11) is 0. The molecule has 0 fully saturated rings. The van der Waals surface area contributed by atoms with Crippen molar-refractivity contribution in [2.45, 2.75) is 19.0 Å². The van der Waals surface area contributed by atoms with Crippen LogP contribution in [0.2, 0.25) is 0 Å². The van der Waals surface area contributed by atoms with Gasteiger partial charge in [-0.25, -0.2) is 0 Å². The number of benzene rings is 2. The number of amides is 1. The van der Waals surface area contributed by atoms with E-state index < -0.39 is 6.04 Å². The molecule has 5 heteroatoms. The van der Waals surface area contributed by atoms with E-state index in [1.807, 2.05) is 67.6 Å². The summed E-state index contributed by atoms with van der Waals surface area (Å²) in [5.41, 5.74) is 2.66. The molecule has 0 aliphatic rings. The van der Waals surface area contributed by atoms with Crippen molar-refractivity contribution in [1.82, 2.24) is 5.32 Å². The van der Waals surface area contributed by atoms with Crippen LogP contribution in [0, 0.1) is 11.3 Å². The number of hydrogen-bond acceptors (Lipinski definition) is 4. The van der Waals surface area contributed by atoms with Crippen LogP contribution in [0.15, 0.2) is 72.1 Å². The van der Waals surface area contributed by atoms with E-state index >= 15 is 0 Å². The van der Waals surface area contributed by atoms with Gasteiger partial charge in [0.25, 0.3) is 0 Å². The van der Waals surface area contributed by atoms with Crippen molar-refractivity contribution in [3.05, 3.63) is 88.8 Å². The van der Waals surface area contributed by atoms with Gasteiger partial charge in [0.1, 0.15) is 11.1 Å². The van der Waals surface area contributed by atoms with Crippen LogP contribution in [-0.4, -0.2) is 11.9 Å². The Morgan fingerprint density at radius 3 is 2.12 bits per heavy atom. The smallest absolute Gasteiger partial charge is 0.241 e. The Balaban J connectivity index is 1.78. The molecule has 0 unspecified atom stereocenters. The lowest BCUT2D eigenvalue weighted by Crippen LogP contribution is -2.40. The number of anilines is 1. The Bertz CT molecular complexity index is 860. The van der Waals surface area contributed by atoms with Crippen LogP contribution in [0.5, 0.6) is 0 Å². The Morgan fingerprint density at radius 1 is 1.00 bits per heavy atom. The first kappa shape index (κ1) is 17.9. The quantitative estimate of drug-likeness (QED) is 0.687. The standard InChI is InChI=1S/C21H19N3OS/c1-15(20(25)24-21-18(14-22)12-13-26-21)23-19(16-8-4-2-5-9-16)17-10-6-3-7-11-17/h2-13,15,19,23H,1H3,(H,24,25)/t15-/m1/s1. The van der Waals surface area contributed by atoms with Crippen molar-refractivity contribution in [2.75, 3.05) is 5.32 Å². The summed E-state index contributed by atoms with van der Waals surface area (Å²) in [6.45, 7) is 1.83. The van der Waals surface area contributed by atoms with E-state index in [0.717, 1.165) is 11.1 Å². The maximum Gasteiger partial charge on any atom is 0.241 e. The van der Waals surface area contributed by atoms with E-state index in [9.17, 15) is 4.79 Å². The lowest BCUT2D eigenvalue weighted by molar-refractivity contribution is -0.117. The number of carbonyl (C=O) groups is 1. The summed E-state index contributed by atoms with van der Waals surface area (Å²) >= 11 is 1.35. The fourth-order valence-electron chi connectivity index (χ4n) is 2.72. The molecule has 0 bridgehead atoms. The number of hydrogen-bond donors (Lipinski definition) is 2. The minimum absolute atomic E-state index is 0.100. The van der Waals surface area contributed by atoms with Crippen molar-refractivity contribution in [1.29, 1.82) is 5.26 Å². The molecule has 0 saturated carbocycles. The zero-order valence-electron chi connectivity index (χ0n) is 14.3. The minimum Gasteiger partial charge on any atom is -0.315 e. The van der Waals surface area contributed by atoms with E-state index in [-0.39, 0.29) is 11.9 Å². The first-order valence-corrected chi connectivity index (χ1v) is 9.21. The number of rotatable bonds is 6. The third-order valence-corrected chi connectivity index (χ3v) is 4.93. The summed E-state index contributed by atoms with van der Waals surface area (Å²) in [5.74, 6) is -0.166. The Morgan fingerprint density at radius 2 is 1.58 bits per heavy atom. The summed E-state index contributed by atoms with van der Waals surface area (Å²) in [6, 6.07) is 23.3. The second kappa shape index (κ2) is 8.43. The summed E-state index contributed by atoms with van der Waals surface area (Å²) in [6.07, 6.45) is 0. The third-order valence-electron chi connectivity index (χ3n) is 4.10. The minimum atomic E-state index is -0.436. The van der Waals surface area contributed by atoms with Crippen LogP contribution in [0.1, 0.15) is 29.7 Å². The second-order valence-corrected chi connectivity index (χ2v) is 6.82.